The summed E-state index contributed by atoms with van der Waals surface area (Å²) >= 11 is 4.93. The topological polar surface area (TPSA) is 65.6 Å². The van der Waals surface area contributed by atoms with Crippen LogP contribution >= 0.6 is 12.2 Å². The fourth-order valence-electron chi connectivity index (χ4n) is 1.85. The molecule has 0 atom stereocenters. The summed E-state index contributed by atoms with van der Waals surface area (Å²) in [6.45, 7) is 0. The first-order valence-corrected chi connectivity index (χ1v) is 6.81. The van der Waals surface area contributed by atoms with Gasteiger partial charge in [0, 0.05) is 17.1 Å². The van der Waals surface area contributed by atoms with Crippen molar-refractivity contribution in [1.82, 2.24) is 15.2 Å². The second-order valence-corrected chi connectivity index (χ2v) is 4.75. The Bertz CT molecular complexity index is 768. The van der Waals surface area contributed by atoms with Gasteiger partial charge in [-0.2, -0.15) is 10.1 Å². The molecule has 0 fully saturated rings. The van der Waals surface area contributed by atoms with Crippen LogP contribution in [-0.4, -0.2) is 15.2 Å². The molecule has 3 N–H and O–H groups in total. The quantitative estimate of drug-likeness (QED) is 0.634. The van der Waals surface area contributed by atoms with Crippen LogP contribution in [0.15, 0.2) is 60.8 Å². The van der Waals surface area contributed by atoms with E-state index in [1.54, 1.807) is 6.20 Å². The van der Waals surface area contributed by atoms with Crippen LogP contribution in [0.3, 0.4) is 0 Å². The highest BCUT2D eigenvalue weighted by atomic mass is 32.1. The van der Waals surface area contributed by atoms with Gasteiger partial charge >= 0.3 is 0 Å². The van der Waals surface area contributed by atoms with E-state index in [-0.39, 0.29) is 0 Å². The molecule has 3 aromatic rings. The summed E-state index contributed by atoms with van der Waals surface area (Å²) in [5, 5.41) is 13.0. The molecule has 0 spiro atoms. The normalized spacial score (nSPS) is 10.1. The van der Waals surface area contributed by atoms with E-state index in [1.807, 2.05) is 54.6 Å². The Kier molecular flexibility index (Phi) is 3.88. The molecule has 0 saturated carbocycles. The molecule has 0 amide bonds. The maximum absolute atomic E-state index is 4.93. The van der Waals surface area contributed by atoms with Crippen molar-refractivity contribution >= 4 is 35.1 Å². The van der Waals surface area contributed by atoms with Gasteiger partial charge < -0.3 is 10.6 Å². The number of aromatic nitrogens is 3. The Morgan fingerprint density at radius 2 is 1.43 bits per heavy atom. The molecule has 2 aromatic carbocycles. The number of nitrogens with one attached hydrogen (secondary N) is 3. The van der Waals surface area contributed by atoms with Gasteiger partial charge in [-0.1, -0.05) is 18.2 Å². The molecule has 5 nitrogen and oxygen atoms in total. The lowest BCUT2D eigenvalue weighted by molar-refractivity contribution is 0.953. The van der Waals surface area contributed by atoms with E-state index in [1.165, 1.54) is 0 Å². The first-order chi connectivity index (χ1) is 10.3. The molecule has 0 aliphatic heterocycles. The summed E-state index contributed by atoms with van der Waals surface area (Å²) in [5.74, 6) is 0.613. The minimum absolute atomic E-state index is 0.349. The molecule has 0 saturated heterocycles. The Hall–Kier alpha value is -2.73. The molecule has 104 valence electrons. The minimum atomic E-state index is 0.349. The fourth-order valence-corrected chi connectivity index (χ4v) is 2.00. The van der Waals surface area contributed by atoms with Crippen LogP contribution in [0.5, 0.6) is 0 Å². The van der Waals surface area contributed by atoms with Gasteiger partial charge in [0.25, 0.3) is 0 Å². The molecule has 1 heterocycles. The highest BCUT2D eigenvalue weighted by molar-refractivity contribution is 7.71. The van der Waals surface area contributed by atoms with E-state index in [0.717, 1.165) is 17.1 Å². The Morgan fingerprint density at radius 1 is 0.810 bits per heavy atom. The Labute approximate surface area is 127 Å². The summed E-state index contributed by atoms with van der Waals surface area (Å²) in [7, 11) is 0. The van der Waals surface area contributed by atoms with Crippen molar-refractivity contribution in [3.8, 4) is 0 Å². The number of rotatable bonds is 4. The predicted octanol–water partition coefficient (Wildman–Crippen LogP) is 4.02. The lowest BCUT2D eigenvalue weighted by Gasteiger charge is -2.08. The summed E-state index contributed by atoms with van der Waals surface area (Å²) in [4.78, 5) is 4.13. The Morgan fingerprint density at radius 3 is 2.10 bits per heavy atom. The van der Waals surface area contributed by atoms with Gasteiger partial charge in [-0.15, -0.1) is 0 Å². The van der Waals surface area contributed by atoms with Crippen LogP contribution in [0.25, 0.3) is 0 Å². The van der Waals surface area contributed by atoms with E-state index in [9.17, 15) is 0 Å². The second kappa shape index (κ2) is 6.15. The minimum Gasteiger partial charge on any atom is -0.356 e. The van der Waals surface area contributed by atoms with Crippen molar-refractivity contribution in [3.05, 3.63) is 65.6 Å². The SMILES string of the molecule is S=c1nc(Nc2ccc(Nc3ccccc3)cc2)cn[nH]1. The van der Waals surface area contributed by atoms with Crippen LogP contribution in [0.4, 0.5) is 22.9 Å². The number of benzene rings is 2. The van der Waals surface area contributed by atoms with Crippen molar-refractivity contribution in [2.45, 2.75) is 0 Å². The first-order valence-electron chi connectivity index (χ1n) is 6.40. The third-order valence-electron chi connectivity index (χ3n) is 2.79. The van der Waals surface area contributed by atoms with E-state index < -0.39 is 0 Å². The summed E-state index contributed by atoms with van der Waals surface area (Å²) in [6.07, 6.45) is 1.59. The van der Waals surface area contributed by atoms with Gasteiger partial charge in [-0.05, 0) is 48.6 Å². The van der Waals surface area contributed by atoms with Crippen molar-refractivity contribution < 1.29 is 0 Å². The van der Waals surface area contributed by atoms with Crippen LogP contribution in [-0.2, 0) is 0 Å². The molecule has 0 aliphatic carbocycles. The zero-order valence-electron chi connectivity index (χ0n) is 11.1. The van der Waals surface area contributed by atoms with Crippen molar-refractivity contribution in [1.29, 1.82) is 0 Å². The standard InChI is InChI=1S/C15H13N5S/c21-15-19-14(10-16-20-15)18-13-8-6-12(7-9-13)17-11-4-2-1-3-5-11/h1-10,17H,(H2,18,19,20,21). The van der Waals surface area contributed by atoms with Gasteiger partial charge in [0.05, 0.1) is 6.20 Å². The van der Waals surface area contributed by atoms with E-state index in [2.05, 4.69) is 25.8 Å². The van der Waals surface area contributed by atoms with Gasteiger partial charge in [0.1, 0.15) is 0 Å². The molecule has 6 heteroatoms. The van der Waals surface area contributed by atoms with Gasteiger partial charge in [-0.3, -0.25) is 5.10 Å². The number of aromatic amines is 1. The van der Waals surface area contributed by atoms with E-state index >= 15 is 0 Å². The molecule has 0 aliphatic rings. The molecular weight excluding hydrogens is 282 g/mol. The van der Waals surface area contributed by atoms with Crippen LogP contribution in [0.2, 0.25) is 0 Å². The maximum atomic E-state index is 4.93. The third-order valence-corrected chi connectivity index (χ3v) is 2.97. The van der Waals surface area contributed by atoms with Crippen LogP contribution < -0.4 is 10.6 Å². The summed E-state index contributed by atoms with van der Waals surface area (Å²) in [6, 6.07) is 17.9. The second-order valence-electron chi connectivity index (χ2n) is 4.37. The van der Waals surface area contributed by atoms with Crippen molar-refractivity contribution in [3.63, 3.8) is 0 Å². The lowest BCUT2D eigenvalue weighted by atomic mass is 10.2. The number of para-hydroxylation sites is 1. The summed E-state index contributed by atoms with van der Waals surface area (Å²) < 4.78 is 0.349. The Balaban J connectivity index is 1.71. The van der Waals surface area contributed by atoms with Crippen molar-refractivity contribution in [2.24, 2.45) is 0 Å². The van der Waals surface area contributed by atoms with Gasteiger partial charge in [0.15, 0.2) is 5.82 Å². The lowest BCUT2D eigenvalue weighted by Crippen LogP contribution is -1.97. The molecule has 21 heavy (non-hydrogen) atoms. The molecule has 3 rings (SSSR count). The molecule has 1 aromatic heterocycles. The van der Waals surface area contributed by atoms with Gasteiger partial charge in [-0.25, -0.2) is 0 Å². The molecule has 0 bridgehead atoms. The molecule has 0 radical (unpaired) electrons. The first kappa shape index (κ1) is 13.3. The van der Waals surface area contributed by atoms with Crippen molar-refractivity contribution in [2.75, 3.05) is 10.6 Å². The number of hydrogen-bond acceptors (Lipinski definition) is 5. The third kappa shape index (κ3) is 3.64. The number of anilines is 4. The average Bonchev–Trinajstić information content (AvgIpc) is 2.50. The smallest absolute Gasteiger partial charge is 0.215 e. The van der Waals surface area contributed by atoms with Gasteiger partial charge in [0.2, 0.25) is 4.77 Å². The number of nitrogens with zero attached hydrogens (tertiary/aromatic N) is 2. The number of hydrogen-bond donors (Lipinski definition) is 3. The van der Waals surface area contributed by atoms with E-state index in [4.69, 9.17) is 12.2 Å². The average molecular weight is 295 g/mol. The van der Waals surface area contributed by atoms with Crippen LogP contribution in [0.1, 0.15) is 0 Å². The largest absolute Gasteiger partial charge is 0.356 e. The highest BCUT2D eigenvalue weighted by Crippen LogP contribution is 2.20. The monoisotopic (exact) mass is 295 g/mol. The van der Waals surface area contributed by atoms with E-state index in [0.29, 0.717) is 10.6 Å². The molecule has 0 unspecified atom stereocenters. The molecular formula is C15H13N5S. The number of H-pyrrole nitrogens is 1. The maximum Gasteiger partial charge on any atom is 0.215 e. The van der Waals surface area contributed by atoms with Crippen LogP contribution in [0, 0.1) is 4.77 Å². The fraction of sp³-hybridized carbons (Fsp3) is 0. The zero-order chi connectivity index (χ0) is 14.5. The predicted molar refractivity (Wildman–Crippen MR) is 86.7 cm³/mol. The summed E-state index contributed by atoms with van der Waals surface area (Å²) in [5.41, 5.74) is 2.99. The highest BCUT2D eigenvalue weighted by Gasteiger charge is 1.98. The zero-order valence-corrected chi connectivity index (χ0v) is 11.9.